The lowest BCUT2D eigenvalue weighted by Gasteiger charge is -2.18. The van der Waals surface area contributed by atoms with E-state index < -0.39 is 0 Å². The number of hydrogen-bond donors (Lipinski definition) is 2. The number of para-hydroxylation sites is 2. The number of nitrogens with one attached hydrogen (secondary N) is 2. The van der Waals surface area contributed by atoms with E-state index in [0.717, 1.165) is 24.1 Å². The molecule has 5 heteroatoms. The van der Waals surface area contributed by atoms with E-state index in [-0.39, 0.29) is 5.91 Å². The number of carbonyl (C=O) groups excluding carboxylic acids is 1. The fraction of sp³-hybridized carbons (Fsp3) is 0.381. The van der Waals surface area contributed by atoms with Crippen LogP contribution in [0.5, 0.6) is 0 Å². The second-order valence-corrected chi connectivity index (χ2v) is 7.63. The lowest BCUT2D eigenvalue weighted by Crippen LogP contribution is -2.35. The van der Waals surface area contributed by atoms with E-state index in [1.807, 2.05) is 30.3 Å². The predicted molar refractivity (Wildman–Crippen MR) is 110 cm³/mol. The molecule has 2 aromatic carbocycles. The summed E-state index contributed by atoms with van der Waals surface area (Å²) in [6, 6.07) is 13.5. The minimum atomic E-state index is 0.0661. The molecule has 138 valence electrons. The Bertz CT molecular complexity index is 735. The van der Waals surface area contributed by atoms with Gasteiger partial charge in [-0.3, -0.25) is 4.79 Å². The standard InChI is InChI=1S/C21H24Cl2N2O/c22-17-11-7-12-18(23)21(17)25-19-13-6-5-8-15(19)14-20(26)24-16-9-3-1-2-4-10-16/h5-8,11-13,16,25H,1-4,9-10,14H2,(H,24,26). The maximum Gasteiger partial charge on any atom is 0.224 e. The van der Waals surface area contributed by atoms with Crippen molar-refractivity contribution in [3.63, 3.8) is 0 Å². The molecule has 0 aromatic heterocycles. The van der Waals surface area contributed by atoms with Gasteiger partial charge in [0, 0.05) is 11.7 Å². The third-order valence-corrected chi connectivity index (χ3v) is 5.44. The van der Waals surface area contributed by atoms with Crippen LogP contribution < -0.4 is 10.6 Å². The molecule has 0 radical (unpaired) electrons. The summed E-state index contributed by atoms with van der Waals surface area (Å²) in [6.45, 7) is 0. The molecule has 0 spiro atoms. The van der Waals surface area contributed by atoms with E-state index in [0.29, 0.717) is 28.2 Å². The molecule has 1 aliphatic rings. The second-order valence-electron chi connectivity index (χ2n) is 6.81. The molecule has 1 amide bonds. The highest BCUT2D eigenvalue weighted by molar-refractivity contribution is 6.39. The van der Waals surface area contributed by atoms with Crippen LogP contribution in [0.15, 0.2) is 42.5 Å². The first-order valence-corrected chi connectivity index (χ1v) is 9.97. The van der Waals surface area contributed by atoms with Crippen LogP contribution >= 0.6 is 23.2 Å². The summed E-state index contributed by atoms with van der Waals surface area (Å²) in [5.74, 6) is 0.0661. The van der Waals surface area contributed by atoms with Gasteiger partial charge < -0.3 is 10.6 Å². The van der Waals surface area contributed by atoms with Crippen LogP contribution in [0, 0.1) is 0 Å². The average Bonchev–Trinajstić information content (AvgIpc) is 2.88. The summed E-state index contributed by atoms with van der Waals surface area (Å²) >= 11 is 12.5. The van der Waals surface area contributed by atoms with Crippen molar-refractivity contribution in [2.24, 2.45) is 0 Å². The SMILES string of the molecule is O=C(Cc1ccccc1Nc1c(Cl)cccc1Cl)NC1CCCCCC1. The summed E-state index contributed by atoms with van der Waals surface area (Å²) in [5, 5.41) is 7.59. The first-order valence-electron chi connectivity index (χ1n) is 9.22. The molecule has 26 heavy (non-hydrogen) atoms. The summed E-state index contributed by atoms with van der Waals surface area (Å²) < 4.78 is 0. The van der Waals surface area contributed by atoms with Crippen LogP contribution in [0.4, 0.5) is 11.4 Å². The molecule has 0 bridgehead atoms. The average molecular weight is 391 g/mol. The molecular weight excluding hydrogens is 367 g/mol. The Labute approximate surface area is 165 Å². The molecule has 1 saturated carbocycles. The molecule has 3 nitrogen and oxygen atoms in total. The third kappa shape index (κ3) is 5.15. The molecule has 0 atom stereocenters. The second kappa shape index (κ2) is 9.29. The summed E-state index contributed by atoms with van der Waals surface area (Å²) in [5.41, 5.74) is 2.43. The van der Waals surface area contributed by atoms with Crippen molar-refractivity contribution in [2.45, 2.75) is 51.0 Å². The lowest BCUT2D eigenvalue weighted by atomic mass is 10.1. The van der Waals surface area contributed by atoms with Crippen LogP contribution in [0.3, 0.4) is 0 Å². The van der Waals surface area contributed by atoms with E-state index >= 15 is 0 Å². The zero-order valence-electron chi connectivity index (χ0n) is 14.7. The lowest BCUT2D eigenvalue weighted by molar-refractivity contribution is -0.121. The van der Waals surface area contributed by atoms with Crippen molar-refractivity contribution in [1.82, 2.24) is 5.32 Å². The van der Waals surface area contributed by atoms with E-state index in [1.54, 1.807) is 12.1 Å². The van der Waals surface area contributed by atoms with Crippen molar-refractivity contribution >= 4 is 40.5 Å². The van der Waals surface area contributed by atoms with Gasteiger partial charge in [0.15, 0.2) is 0 Å². The number of halogens is 2. The number of hydrogen-bond acceptors (Lipinski definition) is 2. The van der Waals surface area contributed by atoms with Crippen LogP contribution in [-0.2, 0) is 11.2 Å². The van der Waals surface area contributed by atoms with Crippen molar-refractivity contribution < 1.29 is 4.79 Å². The highest BCUT2D eigenvalue weighted by Crippen LogP contribution is 2.33. The number of benzene rings is 2. The maximum absolute atomic E-state index is 12.5. The molecule has 0 heterocycles. The molecular formula is C21H24Cl2N2O. The Balaban J connectivity index is 1.69. The normalized spacial score (nSPS) is 15.3. The van der Waals surface area contributed by atoms with Gasteiger partial charge in [0.25, 0.3) is 0 Å². The van der Waals surface area contributed by atoms with Crippen LogP contribution in [-0.4, -0.2) is 11.9 Å². The molecule has 0 aliphatic heterocycles. The first kappa shape index (κ1) is 19.1. The van der Waals surface area contributed by atoms with Crippen molar-refractivity contribution in [3.8, 4) is 0 Å². The van der Waals surface area contributed by atoms with Gasteiger partial charge in [-0.2, -0.15) is 0 Å². The minimum absolute atomic E-state index is 0.0661. The van der Waals surface area contributed by atoms with E-state index in [1.165, 1.54) is 25.7 Å². The molecule has 0 saturated heterocycles. The third-order valence-electron chi connectivity index (χ3n) is 4.81. The van der Waals surface area contributed by atoms with Gasteiger partial charge in [0.1, 0.15) is 0 Å². The largest absolute Gasteiger partial charge is 0.353 e. The van der Waals surface area contributed by atoms with Gasteiger partial charge in [-0.05, 0) is 36.6 Å². The van der Waals surface area contributed by atoms with Gasteiger partial charge in [0.05, 0.1) is 22.2 Å². The Morgan fingerprint density at radius 2 is 1.58 bits per heavy atom. The molecule has 3 rings (SSSR count). The minimum Gasteiger partial charge on any atom is -0.353 e. The van der Waals surface area contributed by atoms with Crippen molar-refractivity contribution in [1.29, 1.82) is 0 Å². The highest BCUT2D eigenvalue weighted by Gasteiger charge is 2.16. The molecule has 2 aromatic rings. The monoisotopic (exact) mass is 390 g/mol. The quantitative estimate of drug-likeness (QED) is 0.603. The predicted octanol–water partition coefficient (Wildman–Crippen LogP) is 6.12. The van der Waals surface area contributed by atoms with Crippen LogP contribution in [0.25, 0.3) is 0 Å². The first-order chi connectivity index (χ1) is 12.6. The van der Waals surface area contributed by atoms with Crippen molar-refractivity contribution in [2.75, 3.05) is 5.32 Å². The Hall–Kier alpha value is -1.71. The van der Waals surface area contributed by atoms with E-state index in [4.69, 9.17) is 23.2 Å². The zero-order chi connectivity index (χ0) is 18.4. The Morgan fingerprint density at radius 3 is 2.27 bits per heavy atom. The Morgan fingerprint density at radius 1 is 0.923 bits per heavy atom. The van der Waals surface area contributed by atoms with E-state index in [9.17, 15) is 4.79 Å². The van der Waals surface area contributed by atoms with Gasteiger partial charge in [-0.15, -0.1) is 0 Å². The van der Waals surface area contributed by atoms with Gasteiger partial charge in [0.2, 0.25) is 5.91 Å². The molecule has 1 fully saturated rings. The topological polar surface area (TPSA) is 41.1 Å². The maximum atomic E-state index is 12.5. The molecule has 1 aliphatic carbocycles. The van der Waals surface area contributed by atoms with Crippen LogP contribution in [0.2, 0.25) is 10.0 Å². The van der Waals surface area contributed by atoms with Gasteiger partial charge in [-0.25, -0.2) is 0 Å². The van der Waals surface area contributed by atoms with E-state index in [2.05, 4.69) is 10.6 Å². The summed E-state index contributed by atoms with van der Waals surface area (Å²) in [7, 11) is 0. The van der Waals surface area contributed by atoms with Gasteiger partial charge in [-0.1, -0.05) is 73.2 Å². The molecule has 0 unspecified atom stereocenters. The fourth-order valence-electron chi connectivity index (χ4n) is 3.42. The number of anilines is 2. The summed E-state index contributed by atoms with van der Waals surface area (Å²) in [6.07, 6.45) is 7.46. The van der Waals surface area contributed by atoms with Crippen LogP contribution in [0.1, 0.15) is 44.1 Å². The smallest absolute Gasteiger partial charge is 0.224 e. The zero-order valence-corrected chi connectivity index (χ0v) is 16.2. The molecule has 2 N–H and O–H groups in total. The fourth-order valence-corrected chi connectivity index (χ4v) is 3.92. The van der Waals surface area contributed by atoms with Crippen molar-refractivity contribution in [3.05, 3.63) is 58.1 Å². The number of amides is 1. The number of carbonyl (C=O) groups is 1. The summed E-state index contributed by atoms with van der Waals surface area (Å²) in [4.78, 5) is 12.5. The Kier molecular flexibility index (Phi) is 6.81. The van der Waals surface area contributed by atoms with Gasteiger partial charge >= 0.3 is 0 Å². The number of rotatable bonds is 5. The highest BCUT2D eigenvalue weighted by atomic mass is 35.5.